The topological polar surface area (TPSA) is 52.6 Å². The molecule has 102 valence electrons. The van der Waals surface area contributed by atoms with Gasteiger partial charge < -0.3 is 10.4 Å². The van der Waals surface area contributed by atoms with Crippen molar-refractivity contribution in [3.63, 3.8) is 0 Å². The van der Waals surface area contributed by atoms with Crippen LogP contribution in [0.5, 0.6) is 0 Å². The molecule has 0 aliphatic rings. The largest absolute Gasteiger partial charge is 0.481 e. The van der Waals surface area contributed by atoms with Gasteiger partial charge in [-0.05, 0) is 20.9 Å². The van der Waals surface area contributed by atoms with Crippen LogP contribution in [0.3, 0.4) is 0 Å². The number of likely N-dealkylation sites (N-methyl/N-ethyl adjacent to an activating group) is 1. The first-order chi connectivity index (χ1) is 7.58. The summed E-state index contributed by atoms with van der Waals surface area (Å²) in [6, 6.07) is 0. The maximum Gasteiger partial charge on any atom is 0.401 e. The fourth-order valence-corrected chi connectivity index (χ4v) is 1.36. The number of aliphatic carboxylic acids is 1. The van der Waals surface area contributed by atoms with Crippen molar-refractivity contribution in [2.75, 3.05) is 33.2 Å². The normalized spacial score (nSPS) is 13.1. The van der Waals surface area contributed by atoms with Gasteiger partial charge in [0.25, 0.3) is 0 Å². The van der Waals surface area contributed by atoms with Crippen LogP contribution in [-0.4, -0.2) is 55.4 Å². The SMILES string of the molecule is CNCCN(CC(F)(F)F)CC(C)(C)C(=O)O. The summed E-state index contributed by atoms with van der Waals surface area (Å²) in [6.07, 6.45) is -4.32. The van der Waals surface area contributed by atoms with Crippen molar-refractivity contribution in [3.05, 3.63) is 0 Å². The lowest BCUT2D eigenvalue weighted by atomic mass is 9.93. The van der Waals surface area contributed by atoms with E-state index in [9.17, 15) is 18.0 Å². The molecule has 0 rings (SSSR count). The highest BCUT2D eigenvalue weighted by Gasteiger charge is 2.35. The quantitative estimate of drug-likeness (QED) is 0.718. The summed E-state index contributed by atoms with van der Waals surface area (Å²) in [5.74, 6) is -1.10. The third kappa shape index (κ3) is 7.17. The summed E-state index contributed by atoms with van der Waals surface area (Å²) in [4.78, 5) is 12.0. The van der Waals surface area contributed by atoms with E-state index in [0.717, 1.165) is 4.90 Å². The van der Waals surface area contributed by atoms with Crippen molar-refractivity contribution in [1.82, 2.24) is 10.2 Å². The molecule has 0 saturated carbocycles. The van der Waals surface area contributed by atoms with Gasteiger partial charge in [0.1, 0.15) is 0 Å². The molecule has 0 amide bonds. The minimum Gasteiger partial charge on any atom is -0.481 e. The Morgan fingerprint density at radius 1 is 1.29 bits per heavy atom. The predicted octanol–water partition coefficient (Wildman–Crippen LogP) is 1.18. The van der Waals surface area contributed by atoms with Crippen LogP contribution in [0.15, 0.2) is 0 Å². The Balaban J connectivity index is 4.53. The fraction of sp³-hybridized carbons (Fsp3) is 0.900. The average molecular weight is 256 g/mol. The Bertz CT molecular complexity index is 254. The summed E-state index contributed by atoms with van der Waals surface area (Å²) in [6.45, 7) is 2.14. The first-order valence-corrected chi connectivity index (χ1v) is 5.25. The van der Waals surface area contributed by atoms with Gasteiger partial charge in [-0.3, -0.25) is 9.69 Å². The lowest BCUT2D eigenvalue weighted by molar-refractivity contribution is -0.158. The van der Waals surface area contributed by atoms with Crippen LogP contribution >= 0.6 is 0 Å². The summed E-state index contributed by atoms with van der Waals surface area (Å²) < 4.78 is 36.9. The van der Waals surface area contributed by atoms with E-state index < -0.39 is 24.1 Å². The second kappa shape index (κ2) is 6.20. The monoisotopic (exact) mass is 256 g/mol. The van der Waals surface area contributed by atoms with Gasteiger partial charge in [0.2, 0.25) is 0 Å². The summed E-state index contributed by atoms with van der Waals surface area (Å²) in [7, 11) is 1.63. The van der Waals surface area contributed by atoms with Crippen LogP contribution in [0, 0.1) is 5.41 Å². The number of carbonyl (C=O) groups is 1. The van der Waals surface area contributed by atoms with Crippen LogP contribution in [0.1, 0.15) is 13.8 Å². The van der Waals surface area contributed by atoms with E-state index in [1.807, 2.05) is 0 Å². The minimum atomic E-state index is -4.32. The van der Waals surface area contributed by atoms with E-state index in [1.165, 1.54) is 13.8 Å². The summed E-state index contributed by atoms with van der Waals surface area (Å²) >= 11 is 0. The molecule has 0 heterocycles. The van der Waals surface area contributed by atoms with Gasteiger partial charge in [-0.1, -0.05) is 0 Å². The molecule has 7 heteroatoms. The molecule has 0 aliphatic carbocycles. The number of nitrogens with one attached hydrogen (secondary N) is 1. The zero-order valence-electron chi connectivity index (χ0n) is 10.3. The number of rotatable bonds is 7. The molecular weight excluding hydrogens is 237 g/mol. The van der Waals surface area contributed by atoms with E-state index >= 15 is 0 Å². The van der Waals surface area contributed by atoms with Crippen LogP contribution in [0.25, 0.3) is 0 Å². The minimum absolute atomic E-state index is 0.135. The summed E-state index contributed by atoms with van der Waals surface area (Å²) in [5, 5.41) is 11.6. The molecule has 0 bridgehead atoms. The molecule has 0 fully saturated rings. The number of halogens is 3. The lowest BCUT2D eigenvalue weighted by Gasteiger charge is -2.30. The molecule has 0 aliphatic heterocycles. The standard InChI is InChI=1S/C10H19F3N2O2/c1-9(2,8(16)17)6-15(5-4-14-3)7-10(11,12)13/h14H,4-7H2,1-3H3,(H,16,17). The van der Waals surface area contributed by atoms with Crippen molar-refractivity contribution in [2.24, 2.45) is 5.41 Å². The van der Waals surface area contributed by atoms with Gasteiger partial charge in [0.05, 0.1) is 12.0 Å². The third-order valence-electron chi connectivity index (χ3n) is 2.28. The van der Waals surface area contributed by atoms with E-state index in [4.69, 9.17) is 5.11 Å². The van der Waals surface area contributed by atoms with Gasteiger partial charge in [0.15, 0.2) is 0 Å². The van der Waals surface area contributed by atoms with Crippen LogP contribution in [0.4, 0.5) is 13.2 Å². The highest BCUT2D eigenvalue weighted by Crippen LogP contribution is 2.21. The first kappa shape index (κ1) is 16.2. The second-order valence-electron chi connectivity index (χ2n) is 4.62. The van der Waals surface area contributed by atoms with Gasteiger partial charge in [-0.25, -0.2) is 0 Å². The number of nitrogens with zero attached hydrogens (tertiary/aromatic N) is 1. The fourth-order valence-electron chi connectivity index (χ4n) is 1.36. The van der Waals surface area contributed by atoms with E-state index in [2.05, 4.69) is 5.32 Å². The molecule has 0 saturated heterocycles. The molecule has 0 aromatic heterocycles. The van der Waals surface area contributed by atoms with Crippen LogP contribution in [0.2, 0.25) is 0 Å². The molecule has 0 aromatic carbocycles. The number of carboxylic acid groups (broad SMARTS) is 1. The Kier molecular flexibility index (Phi) is 5.91. The second-order valence-corrected chi connectivity index (χ2v) is 4.62. The van der Waals surface area contributed by atoms with Crippen LogP contribution < -0.4 is 5.32 Å². The predicted molar refractivity (Wildman–Crippen MR) is 57.8 cm³/mol. The Morgan fingerprint density at radius 2 is 1.82 bits per heavy atom. The van der Waals surface area contributed by atoms with E-state index in [-0.39, 0.29) is 13.1 Å². The molecule has 0 atom stereocenters. The Morgan fingerprint density at radius 3 is 2.18 bits per heavy atom. The zero-order chi connectivity index (χ0) is 13.7. The smallest absolute Gasteiger partial charge is 0.401 e. The van der Waals surface area contributed by atoms with Gasteiger partial charge in [0, 0.05) is 19.6 Å². The lowest BCUT2D eigenvalue weighted by Crippen LogP contribution is -2.45. The maximum atomic E-state index is 12.3. The molecule has 2 N–H and O–H groups in total. The summed E-state index contributed by atoms with van der Waals surface area (Å²) in [5.41, 5.74) is -1.20. The first-order valence-electron chi connectivity index (χ1n) is 5.25. The Labute approximate surface area is 98.8 Å². The van der Waals surface area contributed by atoms with Crippen LogP contribution in [-0.2, 0) is 4.79 Å². The van der Waals surface area contributed by atoms with Gasteiger partial charge in [-0.2, -0.15) is 13.2 Å². The third-order valence-corrected chi connectivity index (χ3v) is 2.28. The zero-order valence-corrected chi connectivity index (χ0v) is 10.3. The van der Waals surface area contributed by atoms with Crippen molar-refractivity contribution < 1.29 is 23.1 Å². The molecular formula is C10H19F3N2O2. The number of hydrogen-bond acceptors (Lipinski definition) is 3. The van der Waals surface area contributed by atoms with Gasteiger partial charge >= 0.3 is 12.1 Å². The number of alkyl halides is 3. The van der Waals surface area contributed by atoms with Crippen molar-refractivity contribution in [1.29, 1.82) is 0 Å². The molecule has 0 spiro atoms. The van der Waals surface area contributed by atoms with Gasteiger partial charge in [-0.15, -0.1) is 0 Å². The highest BCUT2D eigenvalue weighted by molar-refractivity contribution is 5.73. The number of carboxylic acids is 1. The van der Waals surface area contributed by atoms with E-state index in [1.54, 1.807) is 7.05 Å². The molecule has 0 aromatic rings. The van der Waals surface area contributed by atoms with Crippen molar-refractivity contribution in [2.45, 2.75) is 20.0 Å². The average Bonchev–Trinajstić information content (AvgIpc) is 2.10. The number of hydrogen-bond donors (Lipinski definition) is 2. The molecule has 0 unspecified atom stereocenters. The maximum absolute atomic E-state index is 12.3. The Hall–Kier alpha value is -0.820. The van der Waals surface area contributed by atoms with Crippen molar-refractivity contribution in [3.8, 4) is 0 Å². The molecule has 4 nitrogen and oxygen atoms in total. The molecule has 17 heavy (non-hydrogen) atoms. The highest BCUT2D eigenvalue weighted by atomic mass is 19.4. The van der Waals surface area contributed by atoms with E-state index in [0.29, 0.717) is 6.54 Å². The van der Waals surface area contributed by atoms with Crippen molar-refractivity contribution >= 4 is 5.97 Å². The molecule has 0 radical (unpaired) electrons.